The van der Waals surface area contributed by atoms with E-state index in [-0.39, 0.29) is 22.3 Å². The van der Waals surface area contributed by atoms with Gasteiger partial charge < -0.3 is 15.6 Å². The first-order valence-corrected chi connectivity index (χ1v) is 8.39. The zero-order valence-corrected chi connectivity index (χ0v) is 14.4. The molecule has 0 aliphatic rings. The standard InChI is InChI=1S/C20H19FN4O/c1-2-25-12-14(11-22)20(26)17-16(25)10-15(18(21)19(17)23)24-9-8-13-6-4-3-5-7-13/h3-7,10,12,24H,2,8-9,23H2,1H3. The van der Waals surface area contributed by atoms with Crippen molar-refractivity contribution in [2.75, 3.05) is 17.6 Å². The Kier molecular flexibility index (Phi) is 4.90. The smallest absolute Gasteiger partial charge is 0.209 e. The largest absolute Gasteiger partial charge is 0.396 e. The number of nitrogen functional groups attached to an aromatic ring is 1. The molecule has 0 aliphatic heterocycles. The van der Waals surface area contributed by atoms with E-state index in [9.17, 15) is 9.18 Å². The number of pyridine rings is 1. The highest BCUT2D eigenvalue weighted by atomic mass is 19.1. The van der Waals surface area contributed by atoms with Crippen molar-refractivity contribution in [1.29, 1.82) is 5.26 Å². The number of nitrogens with one attached hydrogen (secondary N) is 1. The average Bonchev–Trinajstić information content (AvgIpc) is 2.66. The molecule has 0 unspecified atom stereocenters. The fourth-order valence-electron chi connectivity index (χ4n) is 3.00. The molecule has 0 saturated carbocycles. The van der Waals surface area contributed by atoms with E-state index in [2.05, 4.69) is 5.32 Å². The Morgan fingerprint density at radius 3 is 2.69 bits per heavy atom. The number of rotatable bonds is 5. The van der Waals surface area contributed by atoms with Crippen LogP contribution in [0.25, 0.3) is 10.9 Å². The number of aryl methyl sites for hydroxylation is 1. The van der Waals surface area contributed by atoms with Crippen LogP contribution in [0.1, 0.15) is 18.1 Å². The zero-order chi connectivity index (χ0) is 18.7. The molecule has 0 spiro atoms. The second kappa shape index (κ2) is 7.28. The van der Waals surface area contributed by atoms with Gasteiger partial charge in [-0.3, -0.25) is 4.79 Å². The Hall–Kier alpha value is -3.33. The molecule has 26 heavy (non-hydrogen) atoms. The van der Waals surface area contributed by atoms with Gasteiger partial charge >= 0.3 is 0 Å². The van der Waals surface area contributed by atoms with Gasteiger partial charge in [-0.2, -0.15) is 5.26 Å². The second-order valence-corrected chi connectivity index (χ2v) is 5.98. The average molecular weight is 350 g/mol. The predicted molar refractivity (Wildman–Crippen MR) is 102 cm³/mol. The number of nitriles is 1. The highest BCUT2D eigenvalue weighted by Gasteiger charge is 2.17. The van der Waals surface area contributed by atoms with E-state index in [1.807, 2.05) is 43.3 Å². The number of aromatic nitrogens is 1. The summed E-state index contributed by atoms with van der Waals surface area (Å²) in [6.45, 7) is 2.94. The Morgan fingerprint density at radius 1 is 1.31 bits per heavy atom. The fraction of sp³-hybridized carbons (Fsp3) is 0.200. The lowest BCUT2D eigenvalue weighted by molar-refractivity contribution is 0.635. The van der Waals surface area contributed by atoms with E-state index in [1.54, 1.807) is 10.6 Å². The third-order valence-corrected chi connectivity index (χ3v) is 4.38. The summed E-state index contributed by atoms with van der Waals surface area (Å²) in [6.07, 6.45) is 2.21. The van der Waals surface area contributed by atoms with E-state index in [0.717, 1.165) is 12.0 Å². The highest BCUT2D eigenvalue weighted by molar-refractivity contribution is 5.94. The minimum Gasteiger partial charge on any atom is -0.396 e. The first-order valence-electron chi connectivity index (χ1n) is 8.39. The van der Waals surface area contributed by atoms with Crippen molar-refractivity contribution in [1.82, 2.24) is 4.57 Å². The lowest BCUT2D eigenvalue weighted by Gasteiger charge is -2.15. The molecule has 0 aliphatic carbocycles. The molecule has 3 rings (SSSR count). The van der Waals surface area contributed by atoms with E-state index in [4.69, 9.17) is 11.0 Å². The number of hydrogen-bond donors (Lipinski definition) is 2. The maximum atomic E-state index is 14.7. The summed E-state index contributed by atoms with van der Waals surface area (Å²) in [5, 5.41) is 12.2. The number of benzene rings is 2. The summed E-state index contributed by atoms with van der Waals surface area (Å²) in [4.78, 5) is 12.4. The first kappa shape index (κ1) is 17.5. The quantitative estimate of drug-likeness (QED) is 0.692. The van der Waals surface area contributed by atoms with Gasteiger partial charge in [0.15, 0.2) is 5.82 Å². The Balaban J connectivity index is 2.01. The zero-order valence-electron chi connectivity index (χ0n) is 14.4. The van der Waals surface area contributed by atoms with Gasteiger partial charge in [0.25, 0.3) is 0 Å². The molecule has 0 amide bonds. The summed E-state index contributed by atoms with van der Waals surface area (Å²) < 4.78 is 16.4. The van der Waals surface area contributed by atoms with E-state index in [1.165, 1.54) is 6.20 Å². The van der Waals surface area contributed by atoms with Crippen molar-refractivity contribution in [3.8, 4) is 6.07 Å². The highest BCUT2D eigenvalue weighted by Crippen LogP contribution is 2.28. The van der Waals surface area contributed by atoms with Gasteiger partial charge in [-0.25, -0.2) is 4.39 Å². The van der Waals surface area contributed by atoms with Gasteiger partial charge in [-0.15, -0.1) is 0 Å². The third-order valence-electron chi connectivity index (χ3n) is 4.38. The molecule has 2 aromatic carbocycles. The minimum atomic E-state index is -0.666. The Bertz CT molecular complexity index is 1050. The second-order valence-electron chi connectivity index (χ2n) is 5.98. The summed E-state index contributed by atoms with van der Waals surface area (Å²) in [6, 6.07) is 13.3. The monoisotopic (exact) mass is 350 g/mol. The van der Waals surface area contributed by atoms with Crippen molar-refractivity contribution in [3.63, 3.8) is 0 Å². The van der Waals surface area contributed by atoms with Crippen molar-refractivity contribution < 1.29 is 4.39 Å². The van der Waals surface area contributed by atoms with Crippen LogP contribution in [-0.4, -0.2) is 11.1 Å². The Labute approximate surface area is 150 Å². The molecule has 132 valence electrons. The molecule has 5 nitrogen and oxygen atoms in total. The molecular weight excluding hydrogens is 331 g/mol. The number of nitrogens with zero attached hydrogens (tertiary/aromatic N) is 2. The molecule has 0 bridgehead atoms. The molecular formula is C20H19FN4O. The maximum absolute atomic E-state index is 14.7. The van der Waals surface area contributed by atoms with Crippen LogP contribution >= 0.6 is 0 Å². The predicted octanol–water partition coefficient (Wildman–Crippen LogP) is 3.27. The number of nitrogens with two attached hydrogens (primary N) is 1. The van der Waals surface area contributed by atoms with Crippen LogP contribution in [0.15, 0.2) is 47.4 Å². The van der Waals surface area contributed by atoms with Crippen LogP contribution in [0, 0.1) is 17.1 Å². The van der Waals surface area contributed by atoms with E-state index in [0.29, 0.717) is 18.6 Å². The van der Waals surface area contributed by atoms with Crippen LogP contribution < -0.4 is 16.5 Å². The molecule has 1 aromatic heterocycles. The molecule has 0 fully saturated rings. The Morgan fingerprint density at radius 2 is 2.04 bits per heavy atom. The van der Waals surface area contributed by atoms with Gasteiger partial charge in [-0.1, -0.05) is 30.3 Å². The van der Waals surface area contributed by atoms with E-state index >= 15 is 0 Å². The summed E-state index contributed by atoms with van der Waals surface area (Å²) >= 11 is 0. The molecule has 1 heterocycles. The fourth-order valence-corrected chi connectivity index (χ4v) is 3.00. The summed E-state index contributed by atoms with van der Waals surface area (Å²) in [5.41, 5.74) is 6.99. The number of hydrogen-bond acceptors (Lipinski definition) is 4. The molecule has 0 atom stereocenters. The van der Waals surface area contributed by atoms with Crippen LogP contribution in [0.4, 0.5) is 15.8 Å². The van der Waals surface area contributed by atoms with E-state index < -0.39 is 11.2 Å². The van der Waals surface area contributed by atoms with Crippen LogP contribution in [-0.2, 0) is 13.0 Å². The number of halogens is 1. The van der Waals surface area contributed by atoms with Gasteiger partial charge in [0.1, 0.15) is 11.6 Å². The third kappa shape index (κ3) is 3.11. The minimum absolute atomic E-state index is 0.0461. The van der Waals surface area contributed by atoms with Crippen LogP contribution in [0.3, 0.4) is 0 Å². The van der Waals surface area contributed by atoms with Gasteiger partial charge in [0, 0.05) is 19.3 Å². The lowest BCUT2D eigenvalue weighted by Crippen LogP contribution is -2.16. The molecule has 0 radical (unpaired) electrons. The van der Waals surface area contributed by atoms with Gasteiger partial charge in [0.05, 0.1) is 22.3 Å². The first-order chi connectivity index (χ1) is 12.6. The summed E-state index contributed by atoms with van der Waals surface area (Å²) in [5.74, 6) is -0.666. The van der Waals surface area contributed by atoms with Crippen molar-refractivity contribution in [3.05, 3.63) is 69.8 Å². The normalized spacial score (nSPS) is 10.7. The molecule has 3 N–H and O–H groups in total. The van der Waals surface area contributed by atoms with Crippen molar-refractivity contribution in [2.24, 2.45) is 0 Å². The van der Waals surface area contributed by atoms with Gasteiger partial charge in [0.2, 0.25) is 5.43 Å². The topological polar surface area (TPSA) is 83.8 Å². The molecule has 6 heteroatoms. The van der Waals surface area contributed by atoms with Crippen LogP contribution in [0.2, 0.25) is 0 Å². The molecule has 3 aromatic rings. The maximum Gasteiger partial charge on any atom is 0.209 e. The number of fused-ring (bicyclic) bond motifs is 1. The lowest BCUT2D eigenvalue weighted by atomic mass is 10.1. The SMILES string of the molecule is CCn1cc(C#N)c(=O)c2c(N)c(F)c(NCCc3ccccc3)cc21. The summed E-state index contributed by atoms with van der Waals surface area (Å²) in [7, 11) is 0. The molecule has 0 saturated heterocycles. The number of anilines is 2. The van der Waals surface area contributed by atoms with Crippen molar-refractivity contribution in [2.45, 2.75) is 19.9 Å². The van der Waals surface area contributed by atoms with Crippen LogP contribution in [0.5, 0.6) is 0 Å². The van der Waals surface area contributed by atoms with Crippen molar-refractivity contribution >= 4 is 22.3 Å². The van der Waals surface area contributed by atoms with Gasteiger partial charge in [-0.05, 0) is 25.0 Å².